The Balaban J connectivity index is 2.89. The lowest BCUT2D eigenvalue weighted by Crippen LogP contribution is -2.13. The number of hydrogen-bond donors (Lipinski definition) is 2. The van der Waals surface area contributed by atoms with Crippen LogP contribution in [0.4, 0.5) is 5.69 Å². The summed E-state index contributed by atoms with van der Waals surface area (Å²) in [5.74, 6) is 0.0417. The molecular formula is C9H10ClNOS. The minimum Gasteiger partial charge on any atom is -0.325 e. The molecule has 1 amide bonds. The summed E-state index contributed by atoms with van der Waals surface area (Å²) in [6.45, 7) is 1.86. The van der Waals surface area contributed by atoms with Gasteiger partial charge in [-0.2, -0.15) is 12.6 Å². The van der Waals surface area contributed by atoms with E-state index in [1.54, 1.807) is 12.1 Å². The van der Waals surface area contributed by atoms with Gasteiger partial charge in [0.1, 0.15) is 0 Å². The van der Waals surface area contributed by atoms with Crippen LogP contribution in [0.15, 0.2) is 18.2 Å². The molecule has 0 aromatic heterocycles. The third kappa shape index (κ3) is 2.64. The van der Waals surface area contributed by atoms with Crippen LogP contribution in [-0.4, -0.2) is 11.7 Å². The molecular weight excluding hydrogens is 206 g/mol. The van der Waals surface area contributed by atoms with Crippen molar-refractivity contribution in [2.75, 3.05) is 11.1 Å². The fourth-order valence-electron chi connectivity index (χ4n) is 0.933. The van der Waals surface area contributed by atoms with Gasteiger partial charge in [-0.05, 0) is 24.6 Å². The Labute approximate surface area is 87.7 Å². The molecule has 0 saturated heterocycles. The number of amides is 1. The van der Waals surface area contributed by atoms with Gasteiger partial charge in [0.25, 0.3) is 0 Å². The van der Waals surface area contributed by atoms with E-state index in [-0.39, 0.29) is 11.7 Å². The number of carbonyl (C=O) groups is 1. The van der Waals surface area contributed by atoms with E-state index in [0.717, 1.165) is 11.3 Å². The highest BCUT2D eigenvalue weighted by Gasteiger charge is 2.04. The van der Waals surface area contributed by atoms with E-state index in [1.807, 2.05) is 13.0 Å². The number of hydrogen-bond acceptors (Lipinski definition) is 2. The molecule has 1 rings (SSSR count). The predicted octanol–water partition coefficient (Wildman–Crippen LogP) is 2.52. The van der Waals surface area contributed by atoms with Crippen molar-refractivity contribution in [2.24, 2.45) is 0 Å². The molecule has 70 valence electrons. The Kier molecular flexibility index (Phi) is 3.63. The molecule has 0 spiro atoms. The van der Waals surface area contributed by atoms with E-state index in [1.165, 1.54) is 0 Å². The summed E-state index contributed by atoms with van der Waals surface area (Å²) < 4.78 is 0. The molecule has 0 bridgehead atoms. The lowest BCUT2D eigenvalue weighted by molar-refractivity contribution is -0.113. The number of carbonyl (C=O) groups excluding carboxylic acids is 1. The number of rotatable bonds is 2. The van der Waals surface area contributed by atoms with Crippen molar-refractivity contribution >= 4 is 35.8 Å². The van der Waals surface area contributed by atoms with Gasteiger partial charge >= 0.3 is 0 Å². The molecule has 0 saturated carbocycles. The number of anilines is 1. The van der Waals surface area contributed by atoms with Gasteiger partial charge in [-0.25, -0.2) is 0 Å². The van der Waals surface area contributed by atoms with Gasteiger partial charge in [0.2, 0.25) is 5.91 Å². The molecule has 1 aromatic rings. The van der Waals surface area contributed by atoms with Crippen LogP contribution in [0.2, 0.25) is 5.02 Å². The number of halogens is 1. The predicted molar refractivity (Wildman–Crippen MR) is 58.7 cm³/mol. The maximum atomic E-state index is 11.0. The molecule has 4 heteroatoms. The molecule has 13 heavy (non-hydrogen) atoms. The molecule has 0 aliphatic carbocycles. The Morgan fingerprint density at radius 2 is 2.31 bits per heavy atom. The molecule has 0 heterocycles. The topological polar surface area (TPSA) is 29.1 Å². The van der Waals surface area contributed by atoms with Crippen LogP contribution in [0.25, 0.3) is 0 Å². The van der Waals surface area contributed by atoms with Gasteiger partial charge in [0.15, 0.2) is 0 Å². The van der Waals surface area contributed by atoms with Crippen molar-refractivity contribution in [1.82, 2.24) is 0 Å². The van der Waals surface area contributed by atoms with Gasteiger partial charge < -0.3 is 5.32 Å². The van der Waals surface area contributed by atoms with E-state index in [2.05, 4.69) is 17.9 Å². The Morgan fingerprint density at radius 1 is 1.62 bits per heavy atom. The largest absolute Gasteiger partial charge is 0.325 e. The van der Waals surface area contributed by atoms with Gasteiger partial charge in [0.05, 0.1) is 5.75 Å². The van der Waals surface area contributed by atoms with Crippen LogP contribution in [0.5, 0.6) is 0 Å². The quantitative estimate of drug-likeness (QED) is 0.730. The lowest BCUT2D eigenvalue weighted by Gasteiger charge is -2.07. The van der Waals surface area contributed by atoms with Crippen molar-refractivity contribution in [2.45, 2.75) is 6.92 Å². The average molecular weight is 216 g/mol. The van der Waals surface area contributed by atoms with Crippen molar-refractivity contribution in [3.63, 3.8) is 0 Å². The number of nitrogens with one attached hydrogen (secondary N) is 1. The Morgan fingerprint density at radius 3 is 2.92 bits per heavy atom. The minimum atomic E-state index is -0.131. The highest BCUT2D eigenvalue weighted by Crippen LogP contribution is 2.22. The zero-order valence-electron chi connectivity index (χ0n) is 7.17. The van der Waals surface area contributed by atoms with Gasteiger partial charge in [-0.15, -0.1) is 0 Å². The van der Waals surface area contributed by atoms with Crippen molar-refractivity contribution in [3.8, 4) is 0 Å². The van der Waals surface area contributed by atoms with Crippen LogP contribution < -0.4 is 5.32 Å². The lowest BCUT2D eigenvalue weighted by atomic mass is 10.2. The first kappa shape index (κ1) is 10.4. The minimum absolute atomic E-state index is 0.131. The van der Waals surface area contributed by atoms with Crippen molar-refractivity contribution in [1.29, 1.82) is 0 Å². The maximum Gasteiger partial charge on any atom is 0.234 e. The molecule has 0 radical (unpaired) electrons. The summed E-state index contributed by atoms with van der Waals surface area (Å²) in [5, 5.41) is 3.35. The van der Waals surface area contributed by atoms with E-state index < -0.39 is 0 Å². The van der Waals surface area contributed by atoms with Crippen LogP contribution in [0.1, 0.15) is 5.56 Å². The second-order valence-corrected chi connectivity index (χ2v) is 3.34. The number of thiol groups is 1. The summed E-state index contributed by atoms with van der Waals surface area (Å²) in [4.78, 5) is 11.0. The third-order valence-electron chi connectivity index (χ3n) is 1.69. The van der Waals surface area contributed by atoms with Crippen LogP contribution >= 0.6 is 24.2 Å². The second-order valence-electron chi connectivity index (χ2n) is 2.62. The van der Waals surface area contributed by atoms with Gasteiger partial charge in [-0.1, -0.05) is 17.7 Å². The number of benzene rings is 1. The fourth-order valence-corrected chi connectivity index (χ4v) is 1.19. The summed E-state index contributed by atoms with van der Waals surface area (Å²) >= 11 is 9.73. The van der Waals surface area contributed by atoms with E-state index >= 15 is 0 Å². The summed E-state index contributed by atoms with van der Waals surface area (Å²) in [6, 6.07) is 5.39. The van der Waals surface area contributed by atoms with E-state index in [4.69, 9.17) is 11.6 Å². The normalized spacial score (nSPS) is 9.77. The molecule has 1 aromatic carbocycles. The monoisotopic (exact) mass is 215 g/mol. The molecule has 2 nitrogen and oxygen atoms in total. The Hall–Kier alpha value is -0.670. The second kappa shape index (κ2) is 4.53. The van der Waals surface area contributed by atoms with Crippen LogP contribution in [0.3, 0.4) is 0 Å². The van der Waals surface area contributed by atoms with Crippen molar-refractivity contribution < 1.29 is 4.79 Å². The van der Waals surface area contributed by atoms with Gasteiger partial charge in [0, 0.05) is 10.7 Å². The molecule has 0 unspecified atom stereocenters. The first-order chi connectivity index (χ1) is 6.15. The summed E-state index contributed by atoms with van der Waals surface area (Å²) in [5.41, 5.74) is 1.62. The molecule has 0 atom stereocenters. The first-order valence-corrected chi connectivity index (χ1v) is 4.82. The standard InChI is InChI=1S/C9H10ClNOS/c1-6-7(10)3-2-4-8(6)11-9(12)5-13/h2-4,13H,5H2,1H3,(H,11,12). The van der Waals surface area contributed by atoms with Crippen LogP contribution in [-0.2, 0) is 4.79 Å². The first-order valence-electron chi connectivity index (χ1n) is 3.81. The molecule has 0 aliphatic heterocycles. The Bertz CT molecular complexity index is 327. The van der Waals surface area contributed by atoms with Gasteiger partial charge in [-0.3, -0.25) is 4.79 Å². The fraction of sp³-hybridized carbons (Fsp3) is 0.222. The smallest absolute Gasteiger partial charge is 0.234 e. The van der Waals surface area contributed by atoms with E-state index in [0.29, 0.717) is 5.02 Å². The zero-order chi connectivity index (χ0) is 9.84. The zero-order valence-corrected chi connectivity index (χ0v) is 8.82. The summed E-state index contributed by atoms with van der Waals surface area (Å²) in [7, 11) is 0. The average Bonchev–Trinajstić information content (AvgIpc) is 2.13. The molecule has 0 fully saturated rings. The summed E-state index contributed by atoms with van der Waals surface area (Å²) in [6.07, 6.45) is 0. The molecule has 1 N–H and O–H groups in total. The van der Waals surface area contributed by atoms with Crippen LogP contribution in [0, 0.1) is 6.92 Å². The highest BCUT2D eigenvalue weighted by molar-refractivity contribution is 7.81. The SMILES string of the molecule is Cc1c(Cl)cccc1NC(=O)CS. The highest BCUT2D eigenvalue weighted by atomic mass is 35.5. The van der Waals surface area contributed by atoms with Crippen molar-refractivity contribution in [3.05, 3.63) is 28.8 Å². The molecule has 0 aliphatic rings. The third-order valence-corrected chi connectivity index (χ3v) is 2.38. The van der Waals surface area contributed by atoms with E-state index in [9.17, 15) is 4.79 Å². The maximum absolute atomic E-state index is 11.0.